The van der Waals surface area contributed by atoms with Gasteiger partial charge in [0.1, 0.15) is 11.2 Å². The molecule has 1 N–H and O–H groups in total. The van der Waals surface area contributed by atoms with Crippen LogP contribution in [0, 0.1) is 16.2 Å². The van der Waals surface area contributed by atoms with Gasteiger partial charge in [0.05, 0.1) is 5.60 Å². The molecule has 1 saturated heterocycles. The minimum atomic E-state index is -0.585. The van der Waals surface area contributed by atoms with Crippen molar-refractivity contribution in [2.45, 2.75) is 96.4 Å². The van der Waals surface area contributed by atoms with Crippen LogP contribution in [0.15, 0.2) is 0 Å². The van der Waals surface area contributed by atoms with Gasteiger partial charge in [-0.2, -0.15) is 0 Å². The van der Waals surface area contributed by atoms with Crippen molar-refractivity contribution in [2.75, 3.05) is 0 Å². The molecule has 1 heterocycles. The number of fused-ring (bicyclic) bond motifs is 2. The van der Waals surface area contributed by atoms with Crippen LogP contribution < -0.4 is 0 Å². The summed E-state index contributed by atoms with van der Waals surface area (Å²) in [6, 6.07) is 0. The first kappa shape index (κ1) is 13.6. The van der Waals surface area contributed by atoms with Crippen LogP contribution in [0.5, 0.6) is 0 Å². The molecule has 4 rings (SSSR count). The Hall–Kier alpha value is -0.0800. The maximum atomic E-state index is 11.5. The van der Waals surface area contributed by atoms with E-state index in [1.165, 1.54) is 12.8 Å². The average molecular weight is 278 g/mol. The van der Waals surface area contributed by atoms with Crippen molar-refractivity contribution < 1.29 is 9.84 Å². The van der Waals surface area contributed by atoms with Gasteiger partial charge in [-0.15, -0.1) is 0 Å². The van der Waals surface area contributed by atoms with Gasteiger partial charge in [0.25, 0.3) is 0 Å². The lowest BCUT2D eigenvalue weighted by atomic mass is 9.45. The molecule has 3 saturated carbocycles. The lowest BCUT2D eigenvalue weighted by molar-refractivity contribution is -0.160. The standard InChI is InChI=1S/C18H30O2/c1-13(2)6-7-18-16(19)9-14(3,4)8-15(5,11-16)12-17(18,10-13)20-18/h19H,6-12H2,1-5H3/t15-,16-,17-,18-/m0/s1. The molecule has 1 aliphatic heterocycles. The van der Waals surface area contributed by atoms with E-state index in [4.69, 9.17) is 4.74 Å². The van der Waals surface area contributed by atoms with Gasteiger partial charge < -0.3 is 9.84 Å². The van der Waals surface area contributed by atoms with E-state index in [0.717, 1.165) is 32.1 Å². The summed E-state index contributed by atoms with van der Waals surface area (Å²) in [5.41, 5.74) is 0.0668. The molecular formula is C18H30O2. The second-order valence-corrected chi connectivity index (χ2v) is 10.5. The Morgan fingerprint density at radius 1 is 0.750 bits per heavy atom. The van der Waals surface area contributed by atoms with E-state index in [1.54, 1.807) is 0 Å². The fourth-order valence-electron chi connectivity index (χ4n) is 7.08. The van der Waals surface area contributed by atoms with E-state index >= 15 is 0 Å². The molecule has 0 unspecified atom stereocenters. The predicted molar refractivity (Wildman–Crippen MR) is 79.5 cm³/mol. The molecule has 4 atom stereocenters. The second-order valence-electron chi connectivity index (χ2n) is 10.5. The van der Waals surface area contributed by atoms with Crippen LogP contribution in [0.25, 0.3) is 0 Å². The van der Waals surface area contributed by atoms with E-state index in [2.05, 4.69) is 34.6 Å². The van der Waals surface area contributed by atoms with Crippen LogP contribution in [0.1, 0.15) is 79.6 Å². The van der Waals surface area contributed by atoms with Crippen molar-refractivity contribution in [1.82, 2.24) is 0 Å². The first-order valence-electron chi connectivity index (χ1n) is 8.37. The number of aliphatic hydroxyl groups is 1. The van der Waals surface area contributed by atoms with Crippen LogP contribution in [0.3, 0.4) is 0 Å². The maximum absolute atomic E-state index is 11.5. The Balaban J connectivity index is 1.78. The fraction of sp³-hybridized carbons (Fsp3) is 1.00. The van der Waals surface area contributed by atoms with Gasteiger partial charge in [0, 0.05) is 0 Å². The first-order chi connectivity index (χ1) is 8.95. The van der Waals surface area contributed by atoms with E-state index in [1.807, 2.05) is 0 Å². The molecule has 3 aliphatic carbocycles. The molecule has 0 amide bonds. The molecule has 4 fully saturated rings. The minimum Gasteiger partial charge on any atom is -0.387 e. The summed E-state index contributed by atoms with van der Waals surface area (Å²) in [6.07, 6.45) is 7.64. The number of hydrogen-bond acceptors (Lipinski definition) is 2. The summed E-state index contributed by atoms with van der Waals surface area (Å²) in [6.45, 7) is 11.8. The van der Waals surface area contributed by atoms with Crippen LogP contribution in [-0.4, -0.2) is 21.9 Å². The van der Waals surface area contributed by atoms with Crippen molar-refractivity contribution in [3.8, 4) is 0 Å². The number of rotatable bonds is 0. The van der Waals surface area contributed by atoms with Gasteiger partial charge in [-0.3, -0.25) is 0 Å². The lowest BCUT2D eigenvalue weighted by Gasteiger charge is -2.59. The van der Waals surface area contributed by atoms with E-state index < -0.39 is 5.60 Å². The van der Waals surface area contributed by atoms with E-state index in [9.17, 15) is 5.11 Å². The topological polar surface area (TPSA) is 32.8 Å². The molecule has 114 valence electrons. The summed E-state index contributed by atoms with van der Waals surface area (Å²) >= 11 is 0. The van der Waals surface area contributed by atoms with Crippen LogP contribution >= 0.6 is 0 Å². The van der Waals surface area contributed by atoms with E-state index in [-0.39, 0.29) is 22.0 Å². The molecule has 0 radical (unpaired) electrons. The Bertz CT molecular complexity index is 478. The van der Waals surface area contributed by atoms with Crippen LogP contribution in [-0.2, 0) is 4.74 Å². The molecule has 4 aliphatic rings. The quantitative estimate of drug-likeness (QED) is 0.678. The zero-order chi connectivity index (χ0) is 14.7. The highest BCUT2D eigenvalue weighted by Crippen LogP contribution is 2.77. The zero-order valence-electron chi connectivity index (χ0n) is 13.8. The number of ether oxygens (including phenoxy) is 1. The Morgan fingerprint density at radius 2 is 1.45 bits per heavy atom. The normalized spacial score (nSPS) is 58.5. The highest BCUT2D eigenvalue weighted by Gasteiger charge is 2.84. The molecule has 2 nitrogen and oxygen atoms in total. The number of epoxide rings is 1. The smallest absolute Gasteiger partial charge is 0.127 e. The average Bonchev–Trinajstić information content (AvgIpc) is 2.79. The highest BCUT2D eigenvalue weighted by molar-refractivity contribution is 5.34. The molecule has 0 spiro atoms. The molecule has 20 heavy (non-hydrogen) atoms. The Morgan fingerprint density at radius 3 is 2.15 bits per heavy atom. The molecule has 2 bridgehead atoms. The summed E-state index contributed by atoms with van der Waals surface area (Å²) in [4.78, 5) is 0. The molecule has 0 aromatic carbocycles. The van der Waals surface area contributed by atoms with Crippen molar-refractivity contribution >= 4 is 0 Å². The summed E-state index contributed by atoms with van der Waals surface area (Å²) in [7, 11) is 0. The largest absolute Gasteiger partial charge is 0.387 e. The lowest BCUT2D eigenvalue weighted by Crippen LogP contribution is -2.64. The summed E-state index contributed by atoms with van der Waals surface area (Å²) < 4.78 is 6.48. The summed E-state index contributed by atoms with van der Waals surface area (Å²) in [5.74, 6) is 0. The molecule has 2 heteroatoms. The molecule has 0 aromatic heterocycles. The van der Waals surface area contributed by atoms with Crippen molar-refractivity contribution in [3.05, 3.63) is 0 Å². The van der Waals surface area contributed by atoms with Gasteiger partial charge in [-0.1, -0.05) is 34.6 Å². The minimum absolute atomic E-state index is 0.00694. The highest BCUT2D eigenvalue weighted by atomic mass is 16.6. The van der Waals surface area contributed by atoms with Crippen LogP contribution in [0.4, 0.5) is 0 Å². The van der Waals surface area contributed by atoms with Crippen molar-refractivity contribution in [1.29, 1.82) is 0 Å². The third-order valence-electron chi connectivity index (χ3n) is 6.84. The zero-order valence-corrected chi connectivity index (χ0v) is 13.8. The first-order valence-corrected chi connectivity index (χ1v) is 8.37. The van der Waals surface area contributed by atoms with Gasteiger partial charge in [-0.05, 0) is 61.2 Å². The Labute approximate surface area is 123 Å². The van der Waals surface area contributed by atoms with Gasteiger partial charge >= 0.3 is 0 Å². The van der Waals surface area contributed by atoms with E-state index in [0.29, 0.717) is 5.41 Å². The van der Waals surface area contributed by atoms with Gasteiger partial charge in [0.15, 0.2) is 0 Å². The van der Waals surface area contributed by atoms with Crippen molar-refractivity contribution in [3.63, 3.8) is 0 Å². The third-order valence-corrected chi connectivity index (χ3v) is 6.84. The fourth-order valence-corrected chi connectivity index (χ4v) is 7.08. The summed E-state index contributed by atoms with van der Waals surface area (Å²) in [5, 5.41) is 11.5. The van der Waals surface area contributed by atoms with Crippen molar-refractivity contribution in [2.24, 2.45) is 16.2 Å². The van der Waals surface area contributed by atoms with Crippen LogP contribution in [0.2, 0.25) is 0 Å². The maximum Gasteiger partial charge on any atom is 0.127 e. The monoisotopic (exact) mass is 278 g/mol. The molecular weight excluding hydrogens is 248 g/mol. The predicted octanol–water partition coefficient (Wildman–Crippen LogP) is 4.06. The third kappa shape index (κ3) is 1.48. The van der Waals surface area contributed by atoms with Gasteiger partial charge in [-0.25, -0.2) is 0 Å². The Kier molecular flexibility index (Phi) is 2.14. The second kappa shape index (κ2) is 3.15. The van der Waals surface area contributed by atoms with Gasteiger partial charge in [0.2, 0.25) is 0 Å². The SMILES string of the molecule is CC1(C)C[C@@]2(C)C[C@@](O)(C1)[C@@]13CCC(C)(C)C[C@@]1(C2)O3. The molecule has 0 aromatic rings. The number of hydrogen-bond donors (Lipinski definition) is 1.